The van der Waals surface area contributed by atoms with Crippen LogP contribution >= 0.6 is 14.5 Å². The summed E-state index contributed by atoms with van der Waals surface area (Å²) in [7, 11) is -11.5. The second-order valence-electron chi connectivity index (χ2n) is 28.6. The van der Waals surface area contributed by atoms with Crippen LogP contribution in [0, 0.1) is 10.1 Å². The molecule has 3 rings (SSSR count). The fourth-order valence-electron chi connectivity index (χ4n) is 13.8. The first-order chi connectivity index (χ1) is 46.8. The van der Waals surface area contributed by atoms with Gasteiger partial charge in [-0.2, -0.15) is 13.5 Å². The summed E-state index contributed by atoms with van der Waals surface area (Å²) in [6.45, 7) is 18.8. The van der Waals surface area contributed by atoms with Crippen LogP contribution < -0.4 is 0 Å². The molecule has 0 saturated heterocycles. The van der Waals surface area contributed by atoms with E-state index in [0.29, 0.717) is 12.1 Å². The number of aromatic hydroxyl groups is 2. The summed E-state index contributed by atoms with van der Waals surface area (Å²) in [5.41, 5.74) is -1.10. The number of phenols is 2. The lowest BCUT2D eigenvalue weighted by atomic mass is 10.1. The molecule has 0 aliphatic carbocycles. The summed E-state index contributed by atoms with van der Waals surface area (Å²) in [4.78, 5) is 8.11. The molecule has 97 heavy (non-hydrogen) atoms. The Morgan fingerprint density at radius 2 is 0.639 bits per heavy atom. The van der Waals surface area contributed by atoms with Crippen molar-refractivity contribution in [3.05, 3.63) is 52.6 Å². The monoisotopic (exact) mass is 1430 g/mol. The van der Waals surface area contributed by atoms with Crippen LogP contribution in [0.25, 0.3) is 10.8 Å². The fraction of sp³-hybridized carbons (Fsp3) is 0.800. The Labute approximate surface area is 597 Å². The van der Waals surface area contributed by atoms with E-state index in [1.165, 1.54) is 269 Å². The largest absolute Gasteiger partial charge is 0.744 e. The Morgan fingerprint density at radius 3 is 0.887 bits per heavy atom. The van der Waals surface area contributed by atoms with Crippen molar-refractivity contribution in [2.45, 2.75) is 373 Å². The van der Waals surface area contributed by atoms with Gasteiger partial charge in [0.2, 0.25) is 0 Å². The van der Waals surface area contributed by atoms with Crippen LogP contribution in [0.1, 0.15) is 364 Å². The number of hydrogen-bond donors (Lipinski definition) is 3. The average molecular weight is 1440 g/mol. The van der Waals surface area contributed by atoms with E-state index in [-0.39, 0.29) is 11.4 Å². The Hall–Kier alpha value is -2.80. The van der Waals surface area contributed by atoms with Crippen LogP contribution in [0.3, 0.4) is 0 Å². The number of fused-ring (bicyclic) bond motifs is 1. The maximum absolute atomic E-state index is 11.7. The van der Waals surface area contributed by atoms with Gasteiger partial charge in [-0.3, -0.25) is 14.7 Å². The number of rotatable bonds is 61. The lowest BCUT2D eigenvalue weighted by Crippen LogP contribution is -2.13. The first-order valence-electron chi connectivity index (χ1n) is 40.1. The van der Waals surface area contributed by atoms with Gasteiger partial charge in [0.25, 0.3) is 15.8 Å². The molecular formula is C80H146N3O10P2S2+. The van der Waals surface area contributed by atoms with E-state index in [1.807, 2.05) is 0 Å². The maximum atomic E-state index is 11.7. The molecule has 0 atom stereocenters. The molecule has 0 radical (unpaired) electrons. The number of azo groups is 1. The minimum Gasteiger partial charge on any atom is -0.744 e. The number of benzene rings is 3. The molecule has 3 N–H and O–H groups in total. The van der Waals surface area contributed by atoms with E-state index in [9.17, 15) is 41.7 Å². The Bertz CT molecular complexity index is 2550. The molecule has 0 unspecified atom stereocenters. The molecule has 562 valence electrons. The quantitative estimate of drug-likeness (QED) is 0.0121. The number of nitrogens with zero attached hydrogens (tertiary/aromatic N) is 3. The molecule has 0 aliphatic heterocycles. The predicted molar refractivity (Wildman–Crippen MR) is 422 cm³/mol. The molecule has 0 saturated carbocycles. The number of nitro groups is 1. The van der Waals surface area contributed by atoms with Gasteiger partial charge in [-0.1, -0.05) is 261 Å². The van der Waals surface area contributed by atoms with Crippen LogP contribution in [0.5, 0.6) is 11.5 Å². The zero-order valence-corrected chi connectivity index (χ0v) is 66.8. The summed E-state index contributed by atoms with van der Waals surface area (Å²) >= 11 is 0. The standard InChI is InChI=1S/2C32H68P.C16H11N3O10S2/c2*1-5-9-13-17-18-19-20-21-22-23-24-28-32-33(29-25-14-10-6-2,30-26-15-11-7-3)31-27-16-12-8-4;20-12-7-11(30(24,25)26)5-8-6-13(31(27,28)29)15(16(21)14(8)12)18-17-9-1-3-10(4-2-9)19(22)23/h2*5-32H2,1-4H3;1-7,20-21H,(H,24,25,26)(H,27,28,29)/q2*+1;/p-1. The zero-order valence-electron chi connectivity index (χ0n) is 63.4. The predicted octanol–water partition coefficient (Wildman–Crippen LogP) is 27.6. The highest BCUT2D eigenvalue weighted by Crippen LogP contribution is 2.63. The minimum absolute atomic E-state index is 0.00490. The van der Waals surface area contributed by atoms with Gasteiger partial charge in [0.05, 0.1) is 75.1 Å². The van der Waals surface area contributed by atoms with Crippen molar-refractivity contribution in [3.63, 3.8) is 0 Å². The van der Waals surface area contributed by atoms with Crippen LogP contribution in [-0.4, -0.2) is 90.4 Å². The van der Waals surface area contributed by atoms with Gasteiger partial charge in [-0.25, -0.2) is 8.42 Å². The zero-order chi connectivity index (χ0) is 71.7. The third-order valence-electron chi connectivity index (χ3n) is 19.9. The number of phenolic OH excluding ortho intramolecular Hbond substituents is 2. The Kier molecular flexibility index (Phi) is 55.8. The third-order valence-corrected chi connectivity index (χ3v) is 31.7. The van der Waals surface area contributed by atoms with Crippen molar-refractivity contribution in [2.75, 3.05) is 49.3 Å². The van der Waals surface area contributed by atoms with Crippen molar-refractivity contribution in [1.29, 1.82) is 0 Å². The highest BCUT2D eigenvalue weighted by atomic mass is 32.2. The number of nitro benzene ring substituents is 1. The van der Waals surface area contributed by atoms with E-state index in [1.54, 1.807) is 101 Å². The van der Waals surface area contributed by atoms with Crippen molar-refractivity contribution < 1.29 is 41.1 Å². The first kappa shape index (κ1) is 92.2. The lowest BCUT2D eigenvalue weighted by molar-refractivity contribution is -0.384. The van der Waals surface area contributed by atoms with Crippen LogP contribution in [0.15, 0.2) is 62.5 Å². The molecule has 0 heterocycles. The van der Waals surface area contributed by atoms with E-state index in [4.69, 9.17) is 4.55 Å². The smallest absolute Gasteiger partial charge is 0.294 e. The Morgan fingerprint density at radius 1 is 0.381 bits per heavy atom. The highest BCUT2D eigenvalue weighted by molar-refractivity contribution is 7.86. The molecule has 3 aromatic carbocycles. The van der Waals surface area contributed by atoms with Gasteiger partial charge in [-0.05, 0) is 132 Å². The maximum Gasteiger partial charge on any atom is 0.294 e. The molecule has 0 aliphatic rings. The second-order valence-corrected chi connectivity index (χ2v) is 40.3. The normalized spacial score (nSPS) is 12.1. The summed E-state index contributed by atoms with van der Waals surface area (Å²) in [6, 6.07) is 6.49. The average Bonchev–Trinajstić information content (AvgIpc) is 0.754. The van der Waals surface area contributed by atoms with Crippen molar-refractivity contribution in [1.82, 2.24) is 0 Å². The summed E-state index contributed by atoms with van der Waals surface area (Å²) in [5.74, 6) is -1.86. The van der Waals surface area contributed by atoms with Crippen molar-refractivity contribution in [2.24, 2.45) is 10.2 Å². The molecule has 0 spiro atoms. The fourth-order valence-corrected chi connectivity index (χ4v) is 24.8. The van der Waals surface area contributed by atoms with Crippen LogP contribution in [0.4, 0.5) is 17.1 Å². The van der Waals surface area contributed by atoms with Crippen LogP contribution in [-0.2, 0) is 20.2 Å². The van der Waals surface area contributed by atoms with Gasteiger partial charge >= 0.3 is 0 Å². The van der Waals surface area contributed by atoms with E-state index < -0.39 is 77.4 Å². The van der Waals surface area contributed by atoms with Crippen molar-refractivity contribution >= 4 is 62.6 Å². The molecule has 17 heteroatoms. The molecule has 0 fully saturated rings. The minimum atomic E-state index is -5.28. The van der Waals surface area contributed by atoms with Gasteiger partial charge in [0.1, 0.15) is 21.6 Å². The van der Waals surface area contributed by atoms with Gasteiger partial charge in [-0.15, -0.1) is 5.11 Å². The lowest BCUT2D eigenvalue weighted by Gasteiger charge is -2.28. The number of non-ortho nitro benzene ring substituents is 1. The molecule has 13 nitrogen and oxygen atoms in total. The topological polar surface area (TPSA) is 220 Å². The van der Waals surface area contributed by atoms with Gasteiger partial charge in [0, 0.05) is 32.7 Å². The molecular weight excluding hydrogens is 1290 g/mol. The summed E-state index contributed by atoms with van der Waals surface area (Å²) in [5, 5.41) is 37.5. The highest BCUT2D eigenvalue weighted by Gasteiger charge is 2.36. The van der Waals surface area contributed by atoms with Gasteiger partial charge in [0.15, 0.2) is 5.75 Å². The van der Waals surface area contributed by atoms with Crippen molar-refractivity contribution in [3.8, 4) is 11.5 Å². The third kappa shape index (κ3) is 44.4. The van der Waals surface area contributed by atoms with Crippen LogP contribution in [0.2, 0.25) is 0 Å². The first-order valence-corrected chi connectivity index (χ1v) is 48.0. The Balaban J connectivity index is 0.000000727. The number of unbranched alkanes of at least 4 members (excludes halogenated alkanes) is 40. The summed E-state index contributed by atoms with van der Waals surface area (Å²) in [6.07, 6.45) is 84.2. The van der Waals surface area contributed by atoms with E-state index in [2.05, 4.69) is 65.6 Å². The number of hydrogen-bond acceptors (Lipinski definition) is 11. The molecule has 0 bridgehead atoms. The van der Waals surface area contributed by atoms with E-state index in [0.717, 1.165) is 18.2 Å². The molecule has 0 amide bonds. The SMILES string of the molecule is CCCCCCCCCCCCCC[P+](CCCCCC)(CCCCCC)CCCCCC.CCCCCCCCCCCCCC[P+](CCCCCC)(CCCCCC)CCCCCC.O=[N+]([O-])c1ccc(N=Nc2c(S(=O)(=O)[O-])cc3cc(S(=O)(=O)O)cc(O)c3c2O)cc1. The summed E-state index contributed by atoms with van der Waals surface area (Å²) < 4.78 is 66.8. The second kappa shape index (κ2) is 58.7. The van der Waals surface area contributed by atoms with E-state index >= 15 is 0 Å². The molecule has 0 aromatic heterocycles. The molecule has 3 aromatic rings. The van der Waals surface area contributed by atoms with Gasteiger partial charge < -0.3 is 14.8 Å².